The monoisotopic (exact) mass is 539 g/mol. The lowest BCUT2D eigenvalue weighted by molar-refractivity contribution is -0.207. The van der Waals surface area contributed by atoms with Crippen molar-refractivity contribution in [2.75, 3.05) is 13.2 Å². The zero-order valence-electron chi connectivity index (χ0n) is 23.4. The van der Waals surface area contributed by atoms with E-state index in [1.54, 1.807) is 36.4 Å². The molecule has 3 aliphatic carbocycles. The molecule has 1 amide bonds. The predicted octanol–water partition coefficient (Wildman–Crippen LogP) is 3.87. The van der Waals surface area contributed by atoms with Crippen molar-refractivity contribution in [1.29, 1.82) is 0 Å². The van der Waals surface area contributed by atoms with E-state index in [4.69, 9.17) is 9.47 Å². The quantitative estimate of drug-likeness (QED) is 0.399. The molecule has 0 unspecified atom stereocenters. The first-order valence-electron chi connectivity index (χ1n) is 13.9. The fourth-order valence-corrected chi connectivity index (χ4v) is 7.89. The molecule has 2 N–H and O–H groups in total. The SMILES string of the molecule is C=C[C@]1(C)C[C@@H](OC(=O)COC(=O)CNC(=O)c2ccccc2)[C@]2(C)CC[C@@H](C)[C@@]3(CCC(=O)[C@@H]23)[C@@H](C)[C@@H]1O. The molecule has 0 heterocycles. The number of benzene rings is 1. The van der Waals surface area contributed by atoms with Gasteiger partial charge in [0.05, 0.1) is 6.10 Å². The lowest BCUT2D eigenvalue weighted by Gasteiger charge is -2.62. The molecule has 3 aliphatic rings. The second-order valence-electron chi connectivity index (χ2n) is 12.3. The third kappa shape index (κ3) is 5.04. The van der Waals surface area contributed by atoms with Gasteiger partial charge in [-0.15, -0.1) is 6.58 Å². The van der Waals surface area contributed by atoms with Crippen LogP contribution in [0.25, 0.3) is 0 Å². The minimum Gasteiger partial charge on any atom is -0.459 e. The fourth-order valence-electron chi connectivity index (χ4n) is 7.89. The maximum absolute atomic E-state index is 13.4. The highest BCUT2D eigenvalue weighted by Gasteiger charge is 2.68. The van der Waals surface area contributed by atoms with Crippen molar-refractivity contribution >= 4 is 23.6 Å². The van der Waals surface area contributed by atoms with Crippen molar-refractivity contribution in [2.24, 2.45) is 34.0 Å². The molecule has 212 valence electrons. The van der Waals surface area contributed by atoms with Crippen LogP contribution in [0.5, 0.6) is 0 Å². The summed E-state index contributed by atoms with van der Waals surface area (Å²) in [4.78, 5) is 50.8. The molecule has 0 saturated heterocycles. The van der Waals surface area contributed by atoms with Crippen molar-refractivity contribution < 1.29 is 33.8 Å². The smallest absolute Gasteiger partial charge is 0.344 e. The Morgan fingerprint density at radius 1 is 1.13 bits per heavy atom. The Kier molecular flexibility index (Phi) is 8.08. The molecule has 0 aromatic heterocycles. The van der Waals surface area contributed by atoms with E-state index in [1.807, 2.05) is 13.8 Å². The van der Waals surface area contributed by atoms with E-state index in [1.165, 1.54) is 0 Å². The van der Waals surface area contributed by atoms with Crippen LogP contribution >= 0.6 is 0 Å². The normalized spacial score (nSPS) is 37.6. The number of nitrogens with one attached hydrogen (secondary N) is 1. The molecule has 39 heavy (non-hydrogen) atoms. The number of hydrogen-bond donors (Lipinski definition) is 2. The highest BCUT2D eigenvalue weighted by molar-refractivity contribution is 5.96. The van der Waals surface area contributed by atoms with Gasteiger partial charge in [0.2, 0.25) is 0 Å². The molecule has 1 aromatic rings. The van der Waals surface area contributed by atoms with Crippen LogP contribution in [-0.2, 0) is 23.9 Å². The molecule has 0 radical (unpaired) electrons. The molecule has 8 heteroatoms. The maximum Gasteiger partial charge on any atom is 0.344 e. The first kappa shape index (κ1) is 29.0. The average Bonchev–Trinajstić information content (AvgIpc) is 3.30. The summed E-state index contributed by atoms with van der Waals surface area (Å²) in [7, 11) is 0. The molecule has 0 spiro atoms. The van der Waals surface area contributed by atoms with Crippen molar-refractivity contribution in [3.63, 3.8) is 0 Å². The topological polar surface area (TPSA) is 119 Å². The van der Waals surface area contributed by atoms with Crippen molar-refractivity contribution in [1.82, 2.24) is 5.32 Å². The van der Waals surface area contributed by atoms with Crippen molar-refractivity contribution in [3.05, 3.63) is 48.6 Å². The predicted molar refractivity (Wildman–Crippen MR) is 144 cm³/mol. The Labute approximate surface area is 230 Å². The third-order valence-electron chi connectivity index (χ3n) is 10.2. The number of aliphatic hydroxyl groups is 1. The molecular weight excluding hydrogens is 498 g/mol. The average molecular weight is 540 g/mol. The van der Waals surface area contributed by atoms with Crippen molar-refractivity contribution in [3.8, 4) is 0 Å². The highest BCUT2D eigenvalue weighted by Crippen LogP contribution is 2.68. The first-order valence-corrected chi connectivity index (χ1v) is 13.9. The largest absolute Gasteiger partial charge is 0.459 e. The summed E-state index contributed by atoms with van der Waals surface area (Å²) in [5.74, 6) is -1.97. The minimum absolute atomic E-state index is 0.129. The van der Waals surface area contributed by atoms with Gasteiger partial charge in [-0.05, 0) is 55.1 Å². The Morgan fingerprint density at radius 2 is 1.82 bits per heavy atom. The lowest BCUT2D eigenvalue weighted by atomic mass is 9.43. The number of hydrogen-bond acceptors (Lipinski definition) is 7. The summed E-state index contributed by atoms with van der Waals surface area (Å²) >= 11 is 0. The Balaban J connectivity index is 1.49. The summed E-state index contributed by atoms with van der Waals surface area (Å²) in [5.41, 5.74) is -1.35. The van der Waals surface area contributed by atoms with Crippen molar-refractivity contribution in [2.45, 2.75) is 72.0 Å². The molecule has 8 nitrogen and oxygen atoms in total. The molecule has 0 aliphatic heterocycles. The Hall–Kier alpha value is -3.00. The summed E-state index contributed by atoms with van der Waals surface area (Å²) < 4.78 is 11.1. The van der Waals surface area contributed by atoms with Gasteiger partial charge in [0.15, 0.2) is 6.61 Å². The number of aliphatic hydroxyl groups excluding tert-OH is 1. The number of esters is 2. The van der Waals surface area contributed by atoms with E-state index >= 15 is 0 Å². The van der Waals surface area contributed by atoms with Gasteiger partial charge in [0.1, 0.15) is 18.4 Å². The molecule has 3 fully saturated rings. The van der Waals surface area contributed by atoms with E-state index in [9.17, 15) is 24.3 Å². The van der Waals surface area contributed by atoms with E-state index in [0.29, 0.717) is 31.2 Å². The molecule has 2 bridgehead atoms. The maximum atomic E-state index is 13.4. The second kappa shape index (κ2) is 10.9. The van der Waals surface area contributed by atoms with Gasteiger partial charge in [0, 0.05) is 28.7 Å². The number of rotatable bonds is 7. The van der Waals surface area contributed by atoms with Gasteiger partial charge in [-0.2, -0.15) is 0 Å². The molecular formula is C31H41NO7. The van der Waals surface area contributed by atoms with Gasteiger partial charge in [-0.1, -0.05) is 52.0 Å². The number of Topliss-reactive ketones (excluding diaryl/α,β-unsaturated/α-hetero) is 1. The zero-order chi connectivity index (χ0) is 28.6. The summed E-state index contributed by atoms with van der Waals surface area (Å²) in [6.07, 6.45) is 3.36. The zero-order valence-corrected chi connectivity index (χ0v) is 23.4. The van der Waals surface area contributed by atoms with Crippen LogP contribution < -0.4 is 5.32 Å². The number of ether oxygens (including phenoxy) is 2. The van der Waals surface area contributed by atoms with Crippen LogP contribution in [0.2, 0.25) is 0 Å². The third-order valence-corrected chi connectivity index (χ3v) is 10.2. The van der Waals surface area contributed by atoms with Gasteiger partial charge < -0.3 is 19.9 Å². The summed E-state index contributed by atoms with van der Waals surface area (Å²) in [6.45, 7) is 11.2. The second-order valence-corrected chi connectivity index (χ2v) is 12.3. The van der Waals surface area contributed by atoms with E-state index in [2.05, 4.69) is 25.7 Å². The Bertz CT molecular complexity index is 1140. The summed E-state index contributed by atoms with van der Waals surface area (Å²) in [6, 6.07) is 8.46. The molecule has 3 saturated carbocycles. The molecule has 1 aromatic carbocycles. The number of amides is 1. The number of carbonyl (C=O) groups excluding carboxylic acids is 4. The van der Waals surface area contributed by atoms with Crippen LogP contribution in [0.1, 0.15) is 70.2 Å². The molecule has 4 rings (SSSR count). The first-order chi connectivity index (χ1) is 18.4. The number of ketones is 1. The standard InChI is InChI=1S/C31H41NO7/c1-6-29(4)16-23(39-25(35)18-38-24(34)17-32-28(37)21-10-8-7-9-11-21)30(5)14-12-19(2)31(20(3)27(29)36)15-13-22(33)26(30)31/h6-11,19-20,23,26-27,36H,1,12-18H2,2-5H3,(H,32,37)/t19-,20+,23-,26+,27+,29-,30+,31+/m1/s1. The lowest BCUT2D eigenvalue weighted by Crippen LogP contribution is -2.63. The molecule has 8 atom stereocenters. The number of carbonyl (C=O) groups is 4. The van der Waals surface area contributed by atoms with Gasteiger partial charge in [-0.25, -0.2) is 4.79 Å². The van der Waals surface area contributed by atoms with Crippen LogP contribution in [0, 0.1) is 34.0 Å². The fraction of sp³-hybridized carbons (Fsp3) is 0.613. The van der Waals surface area contributed by atoms with Gasteiger partial charge >= 0.3 is 11.9 Å². The van der Waals surface area contributed by atoms with E-state index in [-0.39, 0.29) is 29.0 Å². The Morgan fingerprint density at radius 3 is 2.49 bits per heavy atom. The minimum atomic E-state index is -0.767. The van der Waals surface area contributed by atoms with E-state index in [0.717, 1.165) is 6.42 Å². The van der Waals surface area contributed by atoms with Crippen LogP contribution in [0.3, 0.4) is 0 Å². The van der Waals surface area contributed by atoms with Crippen LogP contribution in [0.15, 0.2) is 43.0 Å². The van der Waals surface area contributed by atoms with Gasteiger partial charge in [0.25, 0.3) is 5.91 Å². The highest BCUT2D eigenvalue weighted by atomic mass is 16.6. The van der Waals surface area contributed by atoms with E-state index < -0.39 is 54.0 Å². The van der Waals surface area contributed by atoms with Crippen LogP contribution in [0.4, 0.5) is 0 Å². The van der Waals surface area contributed by atoms with Crippen LogP contribution in [-0.4, -0.2) is 54.1 Å². The van der Waals surface area contributed by atoms with Gasteiger partial charge in [-0.3, -0.25) is 14.4 Å². The summed E-state index contributed by atoms with van der Waals surface area (Å²) in [5, 5.41) is 14.1.